The summed E-state index contributed by atoms with van der Waals surface area (Å²) in [5, 5.41) is 26.4. The maximum Gasteiger partial charge on any atom is 0.305 e. The molecule has 7 atom stereocenters. The zero-order valence-corrected chi connectivity index (χ0v) is 27.9. The number of aromatic amines is 1. The normalized spacial score (nSPS) is 27.6. The van der Waals surface area contributed by atoms with Crippen LogP contribution in [0, 0.1) is 5.92 Å². The summed E-state index contributed by atoms with van der Waals surface area (Å²) in [7, 11) is 0. The lowest BCUT2D eigenvalue weighted by atomic mass is 10.0. The number of hydrogen-bond acceptors (Lipinski definition) is 11. The molecule has 18 nitrogen and oxygen atoms in total. The number of rotatable bonds is 7. The van der Waals surface area contributed by atoms with Crippen LogP contribution in [0.2, 0.25) is 0 Å². The van der Waals surface area contributed by atoms with Gasteiger partial charge >= 0.3 is 5.97 Å². The van der Waals surface area contributed by atoms with E-state index in [-0.39, 0.29) is 17.9 Å². The van der Waals surface area contributed by atoms with Gasteiger partial charge in [-0.15, -0.1) is 0 Å². The monoisotopic (exact) mass is 699 g/mol. The van der Waals surface area contributed by atoms with Crippen molar-refractivity contribution in [1.29, 1.82) is 0 Å². The van der Waals surface area contributed by atoms with Crippen LogP contribution in [0.1, 0.15) is 39.8 Å². The van der Waals surface area contributed by atoms with Gasteiger partial charge in [-0.3, -0.25) is 38.4 Å². The van der Waals surface area contributed by atoms with Crippen LogP contribution in [0.25, 0.3) is 0 Å². The molecule has 20 heteroatoms. The summed E-state index contributed by atoms with van der Waals surface area (Å²) in [6, 6.07) is -9.32. The highest BCUT2D eigenvalue weighted by molar-refractivity contribution is 7.80. The van der Waals surface area contributed by atoms with Crippen molar-refractivity contribution >= 4 is 72.6 Å². The number of hydrogen-bond donors (Lipinski definition) is 11. The molecule has 2 rings (SSSR count). The van der Waals surface area contributed by atoms with E-state index in [0.29, 0.717) is 5.69 Å². The number of carbonyl (C=O) groups excluding carboxylic acids is 7. The number of nitrogens with zero attached hydrogens (tertiary/aromatic N) is 1. The highest BCUT2D eigenvalue weighted by Crippen LogP contribution is 2.07. The van der Waals surface area contributed by atoms with E-state index in [1.165, 1.54) is 26.4 Å². The summed E-state index contributed by atoms with van der Waals surface area (Å²) in [4.78, 5) is 110. The molecule has 9 N–H and O–H groups in total. The average Bonchev–Trinajstić information content (AvgIpc) is 3.52. The zero-order chi connectivity index (χ0) is 35.4. The van der Waals surface area contributed by atoms with Crippen LogP contribution in [0.5, 0.6) is 0 Å². The van der Waals surface area contributed by atoms with E-state index in [4.69, 9.17) is 0 Å². The Kier molecular flexibility index (Phi) is 15.0. The summed E-state index contributed by atoms with van der Waals surface area (Å²) in [6.45, 7) is 5.87. The average molecular weight is 700 g/mol. The van der Waals surface area contributed by atoms with Gasteiger partial charge in [0.15, 0.2) is 0 Å². The van der Waals surface area contributed by atoms with Crippen molar-refractivity contribution in [3.63, 3.8) is 0 Å². The highest BCUT2D eigenvalue weighted by Gasteiger charge is 2.35. The van der Waals surface area contributed by atoms with Gasteiger partial charge in [-0.25, -0.2) is 4.98 Å². The van der Waals surface area contributed by atoms with Crippen molar-refractivity contribution < 1.29 is 43.5 Å². The Labute approximate surface area is 281 Å². The topological polar surface area (TPSA) is 270 Å². The fourth-order valence-electron chi connectivity index (χ4n) is 4.27. The van der Waals surface area contributed by atoms with E-state index in [1.807, 2.05) is 0 Å². The quantitative estimate of drug-likeness (QED) is 0.124. The maximum absolute atomic E-state index is 13.3. The summed E-state index contributed by atoms with van der Waals surface area (Å²) in [5.74, 6) is -8.52. The molecule has 0 bridgehead atoms. The molecule has 260 valence electrons. The number of thiol groups is 2. The van der Waals surface area contributed by atoms with Crippen molar-refractivity contribution in [3.8, 4) is 0 Å². The molecule has 1 aromatic rings. The number of aliphatic carboxylic acids is 1. The van der Waals surface area contributed by atoms with Crippen molar-refractivity contribution in [2.24, 2.45) is 5.92 Å². The Balaban J connectivity index is 2.49. The molecule has 0 aromatic carbocycles. The third kappa shape index (κ3) is 11.8. The minimum atomic E-state index is -1.68. The predicted molar refractivity (Wildman–Crippen MR) is 172 cm³/mol. The second-order valence-electron chi connectivity index (χ2n) is 11.2. The molecule has 1 aromatic heterocycles. The summed E-state index contributed by atoms with van der Waals surface area (Å²) < 4.78 is 0. The lowest BCUT2D eigenvalue weighted by Crippen LogP contribution is -2.60. The highest BCUT2D eigenvalue weighted by atomic mass is 32.1. The van der Waals surface area contributed by atoms with Crippen LogP contribution in [0.4, 0.5) is 0 Å². The largest absolute Gasteiger partial charge is 0.481 e. The second kappa shape index (κ2) is 18.1. The van der Waals surface area contributed by atoms with Crippen LogP contribution in [-0.4, -0.2) is 116 Å². The van der Waals surface area contributed by atoms with Crippen LogP contribution in [0.15, 0.2) is 12.5 Å². The molecule has 0 radical (unpaired) electrons. The van der Waals surface area contributed by atoms with Gasteiger partial charge < -0.3 is 47.3 Å². The Bertz CT molecular complexity index is 1330. The van der Waals surface area contributed by atoms with Gasteiger partial charge in [0.25, 0.3) is 0 Å². The van der Waals surface area contributed by atoms with Gasteiger partial charge in [0, 0.05) is 29.8 Å². The summed E-state index contributed by atoms with van der Waals surface area (Å²) in [6.07, 6.45) is 1.85. The zero-order valence-electron chi connectivity index (χ0n) is 26.2. The van der Waals surface area contributed by atoms with Crippen molar-refractivity contribution in [3.05, 3.63) is 18.2 Å². The second-order valence-corrected chi connectivity index (χ2v) is 11.9. The van der Waals surface area contributed by atoms with Crippen molar-refractivity contribution in [2.45, 2.75) is 82.8 Å². The molecule has 2 heterocycles. The molecule has 1 saturated heterocycles. The van der Waals surface area contributed by atoms with Crippen LogP contribution < -0.4 is 37.2 Å². The Hall–Kier alpha value is -4.33. The van der Waals surface area contributed by atoms with Crippen LogP contribution in [0.3, 0.4) is 0 Å². The predicted octanol–water partition coefficient (Wildman–Crippen LogP) is -3.61. The Morgan fingerprint density at radius 1 is 0.702 bits per heavy atom. The molecule has 1 aliphatic rings. The molecule has 7 amide bonds. The number of carbonyl (C=O) groups is 8. The lowest BCUT2D eigenvalue weighted by molar-refractivity contribution is -0.141. The molecule has 47 heavy (non-hydrogen) atoms. The fraction of sp³-hybridized carbons (Fsp3) is 0.593. The number of imidazole rings is 1. The Morgan fingerprint density at radius 3 is 1.62 bits per heavy atom. The molecule has 0 unspecified atom stereocenters. The molecular weight excluding hydrogens is 658 g/mol. The van der Waals surface area contributed by atoms with Crippen LogP contribution in [-0.2, 0) is 44.8 Å². The first-order valence-corrected chi connectivity index (χ1v) is 15.9. The maximum atomic E-state index is 13.3. The van der Waals surface area contributed by atoms with E-state index in [1.54, 1.807) is 13.8 Å². The van der Waals surface area contributed by atoms with E-state index < -0.39 is 102 Å². The third-order valence-corrected chi connectivity index (χ3v) is 7.74. The van der Waals surface area contributed by atoms with E-state index >= 15 is 0 Å². The van der Waals surface area contributed by atoms with Crippen molar-refractivity contribution in [1.82, 2.24) is 47.2 Å². The van der Waals surface area contributed by atoms with Crippen molar-refractivity contribution in [2.75, 3.05) is 11.5 Å². The minimum Gasteiger partial charge on any atom is -0.481 e. The van der Waals surface area contributed by atoms with E-state index in [2.05, 4.69) is 72.4 Å². The number of H-pyrrole nitrogens is 1. The first kappa shape index (κ1) is 38.9. The molecule has 0 aliphatic carbocycles. The van der Waals surface area contributed by atoms with E-state index in [0.717, 1.165) is 0 Å². The van der Waals surface area contributed by atoms with Gasteiger partial charge in [0.2, 0.25) is 41.4 Å². The number of nitrogens with one attached hydrogen (secondary N) is 8. The molecule has 1 aliphatic heterocycles. The standard InChI is InChI=1S/C27H41N9O9S2/c1-11(2)20-27(45)33-16(6-19(37)38)24(42)34-18(9-47)26(44)35-17(8-46)25(43)31-12(3)21(39)32-15(5-14-7-28-10-29-14)23(41)30-13(4)22(40)36-20/h7,10-13,15-18,20,46-47H,5-6,8-9H2,1-4H3,(H,28,29)(H,30,41)(H,31,43)(H,32,39)(H,33,45)(H,34,42)(H,35,44)(H,36,40)(H,37,38)/t12-,13-,15-,16-,17-,18-,20-/m0/s1. The third-order valence-electron chi connectivity index (χ3n) is 7.01. The molecular formula is C27H41N9O9S2. The van der Waals surface area contributed by atoms with Crippen LogP contribution >= 0.6 is 25.3 Å². The first-order valence-electron chi connectivity index (χ1n) is 14.6. The van der Waals surface area contributed by atoms with Gasteiger partial charge in [-0.1, -0.05) is 13.8 Å². The smallest absolute Gasteiger partial charge is 0.305 e. The van der Waals surface area contributed by atoms with Gasteiger partial charge in [0.05, 0.1) is 12.7 Å². The Morgan fingerprint density at radius 2 is 1.15 bits per heavy atom. The van der Waals surface area contributed by atoms with Gasteiger partial charge in [0.1, 0.15) is 42.3 Å². The number of carboxylic acids is 1. The molecule has 1 fully saturated rings. The molecule has 0 saturated carbocycles. The first-order chi connectivity index (χ1) is 22.1. The van der Waals surface area contributed by atoms with E-state index in [9.17, 15) is 43.5 Å². The SMILES string of the molecule is CC(C)[C@@H]1NC(=O)[C@H](C)NC(=O)[C@H](Cc2cnc[nH]2)NC(=O)[C@H](C)NC(=O)[C@H](CS)NC(=O)[C@H](CS)NC(=O)[C@H](CC(=O)O)NC1=O. The lowest BCUT2D eigenvalue weighted by Gasteiger charge is -2.27. The fourth-order valence-corrected chi connectivity index (χ4v) is 4.79. The van der Waals surface area contributed by atoms with Gasteiger partial charge in [-0.05, 0) is 19.8 Å². The number of aromatic nitrogens is 2. The summed E-state index contributed by atoms with van der Waals surface area (Å²) >= 11 is 8.18. The summed E-state index contributed by atoms with van der Waals surface area (Å²) in [5.41, 5.74) is 0.469. The minimum absolute atomic E-state index is 0.0734. The number of carboxylic acid groups (broad SMARTS) is 1. The van der Waals surface area contributed by atoms with Gasteiger partial charge in [-0.2, -0.15) is 25.3 Å². The molecule has 0 spiro atoms. The number of amides is 7.